The fraction of sp³-hybridized carbons (Fsp3) is 0.250. The zero-order chi connectivity index (χ0) is 20.0. The summed E-state index contributed by atoms with van der Waals surface area (Å²) in [5.74, 6) is -0.530. The summed E-state index contributed by atoms with van der Waals surface area (Å²) in [4.78, 5) is 35.5. The van der Waals surface area contributed by atoms with Gasteiger partial charge in [0.15, 0.2) is 17.3 Å². The first-order valence-corrected chi connectivity index (χ1v) is 8.30. The Labute approximate surface area is 157 Å². The van der Waals surface area contributed by atoms with Crippen LogP contribution in [-0.4, -0.2) is 31.8 Å². The highest BCUT2D eigenvalue weighted by Crippen LogP contribution is 2.29. The number of rotatable bonds is 6. The molecule has 2 aromatic carbocycles. The fourth-order valence-electron chi connectivity index (χ4n) is 2.44. The predicted molar refractivity (Wildman–Crippen MR) is 101 cm³/mol. The van der Waals surface area contributed by atoms with Gasteiger partial charge in [0.25, 0.3) is 0 Å². The Bertz CT molecular complexity index is 846. The highest BCUT2D eigenvalue weighted by atomic mass is 16.5. The maximum atomic E-state index is 12.2. The number of nitrogens with one attached hydrogen (secondary N) is 2. The van der Waals surface area contributed by atoms with Crippen LogP contribution in [0.1, 0.15) is 35.8 Å². The third-order valence-corrected chi connectivity index (χ3v) is 4.01. The molecule has 2 rings (SSSR count). The second-order valence-corrected chi connectivity index (χ2v) is 5.90. The number of ether oxygens (including phenoxy) is 2. The monoisotopic (exact) mass is 370 g/mol. The van der Waals surface area contributed by atoms with E-state index >= 15 is 0 Å². The fourth-order valence-corrected chi connectivity index (χ4v) is 2.44. The minimum atomic E-state index is -0.794. The van der Waals surface area contributed by atoms with E-state index < -0.39 is 17.9 Å². The van der Waals surface area contributed by atoms with Gasteiger partial charge in [-0.05, 0) is 55.8 Å². The molecule has 2 aromatic rings. The van der Waals surface area contributed by atoms with Crippen molar-refractivity contribution < 1.29 is 23.9 Å². The Hall–Kier alpha value is -3.35. The molecular weight excluding hydrogens is 348 g/mol. The minimum absolute atomic E-state index is 0.0747. The molecule has 142 valence electrons. The van der Waals surface area contributed by atoms with Crippen molar-refractivity contribution >= 4 is 23.3 Å². The lowest BCUT2D eigenvalue weighted by atomic mass is 10.1. The van der Waals surface area contributed by atoms with Gasteiger partial charge in [-0.15, -0.1) is 0 Å². The smallest absolute Gasteiger partial charge is 0.313 e. The lowest BCUT2D eigenvalue weighted by Gasteiger charge is -2.16. The van der Waals surface area contributed by atoms with Crippen molar-refractivity contribution in [3.63, 3.8) is 0 Å². The van der Waals surface area contributed by atoms with Crippen LogP contribution in [0.4, 0.5) is 5.69 Å². The highest BCUT2D eigenvalue weighted by molar-refractivity contribution is 6.39. The molecule has 0 bridgehead atoms. The van der Waals surface area contributed by atoms with Crippen LogP contribution in [0.5, 0.6) is 11.5 Å². The summed E-state index contributed by atoms with van der Waals surface area (Å²) in [5, 5.41) is 5.13. The van der Waals surface area contributed by atoms with Gasteiger partial charge in [0, 0.05) is 11.3 Å². The quantitative estimate of drug-likeness (QED) is 0.602. The van der Waals surface area contributed by atoms with E-state index in [1.165, 1.54) is 21.1 Å². The lowest BCUT2D eigenvalue weighted by Crippen LogP contribution is -2.36. The van der Waals surface area contributed by atoms with Gasteiger partial charge in [0.1, 0.15) is 0 Å². The maximum absolute atomic E-state index is 12.2. The van der Waals surface area contributed by atoms with Gasteiger partial charge in [-0.3, -0.25) is 14.4 Å². The molecule has 1 atom stereocenters. The lowest BCUT2D eigenvalue weighted by molar-refractivity contribution is -0.136. The van der Waals surface area contributed by atoms with Crippen LogP contribution >= 0.6 is 0 Å². The van der Waals surface area contributed by atoms with Crippen LogP contribution in [0.3, 0.4) is 0 Å². The highest BCUT2D eigenvalue weighted by Gasteiger charge is 2.18. The molecule has 0 radical (unpaired) electrons. The van der Waals surface area contributed by atoms with E-state index in [0.717, 1.165) is 5.56 Å². The summed E-state index contributed by atoms with van der Waals surface area (Å²) in [7, 11) is 3.06. The van der Waals surface area contributed by atoms with Gasteiger partial charge >= 0.3 is 11.8 Å². The van der Waals surface area contributed by atoms with Crippen molar-refractivity contribution in [2.45, 2.75) is 19.9 Å². The number of methoxy groups -OCH3 is 2. The number of hydrogen-bond acceptors (Lipinski definition) is 5. The van der Waals surface area contributed by atoms with Gasteiger partial charge in [-0.2, -0.15) is 0 Å². The molecule has 0 aromatic heterocycles. The number of Topliss-reactive ketones (excluding diaryl/α,β-unsaturated/α-hetero) is 1. The summed E-state index contributed by atoms with van der Waals surface area (Å²) in [6.07, 6.45) is 0. The first kappa shape index (κ1) is 20.0. The van der Waals surface area contributed by atoms with Crippen LogP contribution in [0.15, 0.2) is 42.5 Å². The second kappa shape index (κ2) is 8.84. The Morgan fingerprint density at radius 3 is 2.07 bits per heavy atom. The first-order chi connectivity index (χ1) is 12.8. The molecule has 1 unspecified atom stereocenters. The summed E-state index contributed by atoms with van der Waals surface area (Å²) >= 11 is 0. The van der Waals surface area contributed by atoms with Gasteiger partial charge in [0.2, 0.25) is 0 Å². The second-order valence-electron chi connectivity index (χ2n) is 5.90. The van der Waals surface area contributed by atoms with E-state index in [1.54, 1.807) is 49.4 Å². The largest absolute Gasteiger partial charge is 0.493 e. The van der Waals surface area contributed by atoms with Gasteiger partial charge < -0.3 is 20.1 Å². The first-order valence-electron chi connectivity index (χ1n) is 8.30. The third-order valence-electron chi connectivity index (χ3n) is 4.01. The van der Waals surface area contributed by atoms with Crippen molar-refractivity contribution in [2.75, 3.05) is 19.5 Å². The number of hydrogen-bond donors (Lipinski definition) is 2. The van der Waals surface area contributed by atoms with Crippen molar-refractivity contribution in [3.8, 4) is 11.5 Å². The van der Waals surface area contributed by atoms with Gasteiger partial charge in [0.05, 0.1) is 20.3 Å². The molecule has 0 fully saturated rings. The van der Waals surface area contributed by atoms with Crippen LogP contribution in [0, 0.1) is 0 Å². The van der Waals surface area contributed by atoms with E-state index in [1.807, 2.05) is 0 Å². The molecule has 27 heavy (non-hydrogen) atoms. The van der Waals surface area contributed by atoms with Crippen molar-refractivity contribution in [1.82, 2.24) is 5.32 Å². The number of anilines is 1. The van der Waals surface area contributed by atoms with E-state index in [0.29, 0.717) is 22.7 Å². The summed E-state index contributed by atoms with van der Waals surface area (Å²) < 4.78 is 10.4. The van der Waals surface area contributed by atoms with Crippen molar-refractivity contribution in [2.24, 2.45) is 0 Å². The Morgan fingerprint density at radius 1 is 0.889 bits per heavy atom. The van der Waals surface area contributed by atoms with Crippen LogP contribution in [-0.2, 0) is 9.59 Å². The van der Waals surface area contributed by atoms with E-state index in [9.17, 15) is 14.4 Å². The van der Waals surface area contributed by atoms with Gasteiger partial charge in [-0.25, -0.2) is 0 Å². The summed E-state index contributed by atoms with van der Waals surface area (Å²) in [6, 6.07) is 11.1. The zero-order valence-corrected chi connectivity index (χ0v) is 15.7. The predicted octanol–water partition coefficient (Wildman–Crippen LogP) is 2.72. The van der Waals surface area contributed by atoms with Crippen LogP contribution in [0.2, 0.25) is 0 Å². The molecule has 0 aliphatic rings. The summed E-state index contributed by atoms with van der Waals surface area (Å²) in [5.41, 5.74) is 1.72. The number of carbonyl (C=O) groups excluding carboxylic acids is 3. The van der Waals surface area contributed by atoms with E-state index in [2.05, 4.69) is 10.6 Å². The Morgan fingerprint density at radius 2 is 1.52 bits per heavy atom. The van der Waals surface area contributed by atoms with Crippen molar-refractivity contribution in [3.05, 3.63) is 53.6 Å². The molecule has 0 saturated carbocycles. The third kappa shape index (κ3) is 5.07. The minimum Gasteiger partial charge on any atom is -0.493 e. The molecular formula is C20H22N2O5. The number of benzene rings is 2. The Kier molecular flexibility index (Phi) is 6.54. The molecule has 0 aliphatic carbocycles. The van der Waals surface area contributed by atoms with Crippen LogP contribution < -0.4 is 20.1 Å². The molecule has 0 aliphatic heterocycles. The number of carbonyl (C=O) groups is 3. The van der Waals surface area contributed by atoms with E-state index in [-0.39, 0.29) is 5.78 Å². The molecule has 2 amide bonds. The molecule has 0 spiro atoms. The average Bonchev–Trinajstić information content (AvgIpc) is 2.67. The van der Waals surface area contributed by atoms with E-state index in [4.69, 9.17) is 9.47 Å². The van der Waals surface area contributed by atoms with Crippen molar-refractivity contribution in [1.29, 1.82) is 0 Å². The Balaban J connectivity index is 2.01. The standard InChI is InChI=1S/C20H22N2O5/c1-12(15-7-10-17(26-3)18(11-15)27-4)21-19(24)20(25)22-16-8-5-14(6-9-16)13(2)23/h5-12H,1-4H3,(H,21,24)(H,22,25). The molecule has 7 nitrogen and oxygen atoms in total. The topological polar surface area (TPSA) is 93.7 Å². The van der Waals surface area contributed by atoms with Gasteiger partial charge in [-0.1, -0.05) is 6.07 Å². The molecule has 0 heterocycles. The normalized spacial score (nSPS) is 11.3. The van der Waals surface area contributed by atoms with Crippen LogP contribution in [0.25, 0.3) is 0 Å². The molecule has 0 saturated heterocycles. The number of amides is 2. The zero-order valence-electron chi connectivity index (χ0n) is 15.7. The summed E-state index contributed by atoms with van der Waals surface area (Å²) in [6.45, 7) is 3.21. The maximum Gasteiger partial charge on any atom is 0.313 e. The molecule has 7 heteroatoms. The SMILES string of the molecule is COc1ccc(C(C)NC(=O)C(=O)Nc2ccc(C(C)=O)cc2)cc1OC. The average molecular weight is 370 g/mol. The molecule has 2 N–H and O–H groups in total. The number of ketones is 1.